The number of amides is 1. The molecule has 0 heterocycles. The highest BCUT2D eigenvalue weighted by Crippen LogP contribution is 2.23. The highest BCUT2D eigenvalue weighted by molar-refractivity contribution is 5.95. The van der Waals surface area contributed by atoms with E-state index in [0.29, 0.717) is 5.56 Å². The number of hydrogen-bond acceptors (Lipinski definition) is 2. The molecule has 0 fully saturated rings. The number of carbonyl (C=O) groups is 1. The van der Waals surface area contributed by atoms with Gasteiger partial charge in [-0.2, -0.15) is 0 Å². The quantitative estimate of drug-likeness (QED) is 0.939. The van der Waals surface area contributed by atoms with E-state index in [0.717, 1.165) is 24.2 Å². The highest BCUT2D eigenvalue weighted by Gasteiger charge is 2.22. The smallest absolute Gasteiger partial charge is 0.251 e. The molecule has 1 N–H and O–H groups in total. The topological polar surface area (TPSA) is 38.3 Å². The van der Waals surface area contributed by atoms with Crippen molar-refractivity contribution in [2.24, 2.45) is 0 Å². The van der Waals surface area contributed by atoms with E-state index in [1.54, 1.807) is 13.2 Å². The number of ether oxygens (including phenoxy) is 1. The fourth-order valence-corrected chi connectivity index (χ4v) is 2.89. The second kappa shape index (κ2) is 5.60. The van der Waals surface area contributed by atoms with Crippen molar-refractivity contribution in [3.8, 4) is 5.75 Å². The summed E-state index contributed by atoms with van der Waals surface area (Å²) in [7, 11) is 1.62. The summed E-state index contributed by atoms with van der Waals surface area (Å²) in [5.74, 6) is 0.712. The van der Waals surface area contributed by atoms with Crippen molar-refractivity contribution in [3.05, 3.63) is 64.7 Å². The summed E-state index contributed by atoms with van der Waals surface area (Å²) in [4.78, 5) is 12.4. The Balaban J connectivity index is 1.71. The minimum absolute atomic E-state index is 0.0360. The third-order valence-electron chi connectivity index (χ3n) is 4.06. The molecule has 0 unspecified atom stereocenters. The number of carbonyl (C=O) groups excluding carboxylic acids is 1. The van der Waals surface area contributed by atoms with Gasteiger partial charge < -0.3 is 10.1 Å². The van der Waals surface area contributed by atoms with E-state index in [1.807, 2.05) is 31.2 Å². The Kier molecular flexibility index (Phi) is 3.65. The number of benzene rings is 2. The number of rotatable bonds is 3. The molecule has 2 aromatic carbocycles. The van der Waals surface area contributed by atoms with Gasteiger partial charge in [-0.1, -0.05) is 30.3 Å². The maximum absolute atomic E-state index is 12.4. The van der Waals surface area contributed by atoms with Crippen LogP contribution in [0.2, 0.25) is 0 Å². The van der Waals surface area contributed by atoms with E-state index in [1.165, 1.54) is 11.1 Å². The molecule has 0 radical (unpaired) electrons. The molecule has 3 heteroatoms. The van der Waals surface area contributed by atoms with E-state index in [2.05, 4.69) is 17.4 Å². The van der Waals surface area contributed by atoms with Crippen LogP contribution in [0, 0.1) is 6.92 Å². The molecule has 3 rings (SSSR count). The SMILES string of the molecule is COc1cc(C(=O)NC2Cc3ccccc3C2)ccc1C. The first-order chi connectivity index (χ1) is 10.2. The van der Waals surface area contributed by atoms with Crippen LogP contribution in [0.5, 0.6) is 5.75 Å². The molecule has 3 nitrogen and oxygen atoms in total. The largest absolute Gasteiger partial charge is 0.496 e. The van der Waals surface area contributed by atoms with Gasteiger partial charge in [0.15, 0.2) is 0 Å². The first-order valence-corrected chi connectivity index (χ1v) is 7.19. The first-order valence-electron chi connectivity index (χ1n) is 7.19. The van der Waals surface area contributed by atoms with Gasteiger partial charge in [-0.15, -0.1) is 0 Å². The van der Waals surface area contributed by atoms with E-state index >= 15 is 0 Å². The van der Waals surface area contributed by atoms with Gasteiger partial charge in [0.25, 0.3) is 5.91 Å². The summed E-state index contributed by atoms with van der Waals surface area (Å²) in [6.45, 7) is 1.97. The molecule has 21 heavy (non-hydrogen) atoms. The van der Waals surface area contributed by atoms with Crippen LogP contribution in [0.4, 0.5) is 0 Å². The van der Waals surface area contributed by atoms with Crippen molar-refractivity contribution in [1.29, 1.82) is 0 Å². The Labute approximate surface area is 124 Å². The molecule has 1 aliphatic rings. The van der Waals surface area contributed by atoms with Crippen LogP contribution < -0.4 is 10.1 Å². The maximum atomic E-state index is 12.4. The average molecular weight is 281 g/mol. The lowest BCUT2D eigenvalue weighted by molar-refractivity contribution is 0.0938. The molecule has 108 valence electrons. The van der Waals surface area contributed by atoms with E-state index in [-0.39, 0.29) is 11.9 Å². The summed E-state index contributed by atoms with van der Waals surface area (Å²) >= 11 is 0. The van der Waals surface area contributed by atoms with Crippen LogP contribution >= 0.6 is 0 Å². The summed E-state index contributed by atoms with van der Waals surface area (Å²) in [6, 6.07) is 14.1. The van der Waals surface area contributed by atoms with Gasteiger partial charge in [-0.3, -0.25) is 4.79 Å². The zero-order chi connectivity index (χ0) is 14.8. The molecule has 0 aromatic heterocycles. The Morgan fingerprint density at radius 1 is 1.14 bits per heavy atom. The summed E-state index contributed by atoms with van der Waals surface area (Å²) < 4.78 is 5.28. The predicted molar refractivity (Wildman–Crippen MR) is 82.8 cm³/mol. The molecule has 0 bridgehead atoms. The molecule has 0 saturated heterocycles. The van der Waals surface area contributed by atoms with Crippen molar-refractivity contribution in [3.63, 3.8) is 0 Å². The van der Waals surface area contributed by atoms with Crippen molar-refractivity contribution < 1.29 is 9.53 Å². The minimum atomic E-state index is -0.0360. The average Bonchev–Trinajstić information content (AvgIpc) is 2.89. The normalized spacial score (nSPS) is 13.8. The first kappa shape index (κ1) is 13.7. The zero-order valence-corrected chi connectivity index (χ0v) is 12.3. The van der Waals surface area contributed by atoms with Gasteiger partial charge >= 0.3 is 0 Å². The van der Waals surface area contributed by atoms with Gasteiger partial charge in [0.2, 0.25) is 0 Å². The standard InChI is InChI=1S/C18H19NO2/c1-12-7-8-15(11-17(12)21-2)18(20)19-16-9-13-5-3-4-6-14(13)10-16/h3-8,11,16H,9-10H2,1-2H3,(H,19,20). The number of hydrogen-bond donors (Lipinski definition) is 1. The molecule has 0 atom stereocenters. The van der Waals surface area contributed by atoms with Crippen molar-refractivity contribution >= 4 is 5.91 Å². The van der Waals surface area contributed by atoms with Gasteiger partial charge in [0.1, 0.15) is 5.75 Å². The third kappa shape index (κ3) is 2.77. The lowest BCUT2D eigenvalue weighted by atomic mass is 10.1. The lowest BCUT2D eigenvalue weighted by Crippen LogP contribution is -2.35. The van der Waals surface area contributed by atoms with Gasteiger partial charge in [0.05, 0.1) is 7.11 Å². The van der Waals surface area contributed by atoms with Gasteiger partial charge in [-0.05, 0) is 48.6 Å². The van der Waals surface area contributed by atoms with Crippen LogP contribution in [0.25, 0.3) is 0 Å². The van der Waals surface area contributed by atoms with Gasteiger partial charge in [0, 0.05) is 11.6 Å². The fraction of sp³-hybridized carbons (Fsp3) is 0.278. The molecule has 1 amide bonds. The molecule has 2 aromatic rings. The van der Waals surface area contributed by atoms with Crippen LogP contribution in [0.1, 0.15) is 27.0 Å². The minimum Gasteiger partial charge on any atom is -0.496 e. The molecular weight excluding hydrogens is 262 g/mol. The zero-order valence-electron chi connectivity index (χ0n) is 12.3. The second-order valence-corrected chi connectivity index (χ2v) is 5.53. The van der Waals surface area contributed by atoms with Crippen LogP contribution in [-0.4, -0.2) is 19.1 Å². The number of nitrogens with one attached hydrogen (secondary N) is 1. The monoisotopic (exact) mass is 281 g/mol. The number of fused-ring (bicyclic) bond motifs is 1. The maximum Gasteiger partial charge on any atom is 0.251 e. The highest BCUT2D eigenvalue weighted by atomic mass is 16.5. The molecule has 1 aliphatic carbocycles. The molecule has 0 spiro atoms. The van der Waals surface area contributed by atoms with Crippen molar-refractivity contribution in [1.82, 2.24) is 5.32 Å². The Hall–Kier alpha value is -2.29. The second-order valence-electron chi connectivity index (χ2n) is 5.53. The third-order valence-corrected chi connectivity index (χ3v) is 4.06. The van der Waals surface area contributed by atoms with E-state index < -0.39 is 0 Å². The molecular formula is C18H19NO2. The lowest BCUT2D eigenvalue weighted by Gasteiger charge is -2.13. The summed E-state index contributed by atoms with van der Waals surface area (Å²) in [5.41, 5.74) is 4.35. The van der Waals surface area contributed by atoms with E-state index in [9.17, 15) is 4.79 Å². The Morgan fingerprint density at radius 2 is 1.81 bits per heavy atom. The number of aryl methyl sites for hydroxylation is 1. The molecule has 0 aliphatic heterocycles. The predicted octanol–water partition coefficient (Wildman–Crippen LogP) is 2.90. The van der Waals surface area contributed by atoms with Crippen LogP contribution in [-0.2, 0) is 12.8 Å². The summed E-state index contributed by atoms with van der Waals surface area (Å²) in [5, 5.41) is 3.12. The Bertz CT molecular complexity index is 654. The van der Waals surface area contributed by atoms with Gasteiger partial charge in [-0.25, -0.2) is 0 Å². The van der Waals surface area contributed by atoms with Crippen LogP contribution in [0.15, 0.2) is 42.5 Å². The van der Waals surface area contributed by atoms with Crippen molar-refractivity contribution in [2.75, 3.05) is 7.11 Å². The fourth-order valence-electron chi connectivity index (χ4n) is 2.89. The van der Waals surface area contributed by atoms with E-state index in [4.69, 9.17) is 4.74 Å². The van der Waals surface area contributed by atoms with Crippen molar-refractivity contribution in [2.45, 2.75) is 25.8 Å². The Morgan fingerprint density at radius 3 is 2.43 bits per heavy atom. The molecule has 0 saturated carbocycles. The van der Waals surface area contributed by atoms with Crippen LogP contribution in [0.3, 0.4) is 0 Å². The number of methoxy groups -OCH3 is 1. The summed E-state index contributed by atoms with van der Waals surface area (Å²) in [6.07, 6.45) is 1.82.